The van der Waals surface area contributed by atoms with Gasteiger partial charge in [-0.15, -0.1) is 10.2 Å². The van der Waals surface area contributed by atoms with Crippen LogP contribution in [-0.4, -0.2) is 32.5 Å². The van der Waals surface area contributed by atoms with Gasteiger partial charge < -0.3 is 9.88 Å². The van der Waals surface area contributed by atoms with E-state index in [0.717, 1.165) is 36.8 Å². The largest absolute Gasteiger partial charge is 0.353 e. The number of thioether (sulfide) groups is 1. The van der Waals surface area contributed by atoms with Gasteiger partial charge >= 0.3 is 0 Å². The second-order valence-corrected chi connectivity index (χ2v) is 6.35. The predicted octanol–water partition coefficient (Wildman–Crippen LogP) is 2.40. The van der Waals surface area contributed by atoms with Crippen molar-refractivity contribution in [2.45, 2.75) is 70.1 Å². The molecule has 0 saturated carbocycles. The first-order valence-corrected chi connectivity index (χ1v) is 8.53. The average Bonchev–Trinajstić information content (AvgIpc) is 2.64. The summed E-state index contributed by atoms with van der Waals surface area (Å²) in [5.74, 6) is 1.58. The zero-order valence-corrected chi connectivity index (χ0v) is 13.2. The summed E-state index contributed by atoms with van der Waals surface area (Å²) in [6.45, 7) is 5.16. The number of rotatable bonds is 6. The first-order valence-electron chi connectivity index (χ1n) is 7.55. The molecule has 1 aliphatic heterocycles. The third-order valence-electron chi connectivity index (χ3n) is 3.54. The quantitative estimate of drug-likeness (QED) is 0.819. The molecule has 0 spiro atoms. The first-order chi connectivity index (χ1) is 9.70. The summed E-state index contributed by atoms with van der Waals surface area (Å²) in [5, 5.41) is 12.4. The second-order valence-electron chi connectivity index (χ2n) is 5.41. The van der Waals surface area contributed by atoms with Crippen LogP contribution in [0.1, 0.15) is 51.8 Å². The number of aryl methyl sites for hydroxylation is 1. The van der Waals surface area contributed by atoms with E-state index >= 15 is 0 Å². The van der Waals surface area contributed by atoms with Crippen molar-refractivity contribution in [3.8, 4) is 0 Å². The number of nitrogens with one attached hydrogen (secondary N) is 1. The Morgan fingerprint density at radius 1 is 1.40 bits per heavy atom. The Labute approximate surface area is 124 Å². The molecule has 0 aliphatic carbocycles. The monoisotopic (exact) mass is 296 g/mol. The van der Waals surface area contributed by atoms with Gasteiger partial charge in [-0.25, -0.2) is 0 Å². The van der Waals surface area contributed by atoms with Gasteiger partial charge in [0.15, 0.2) is 5.16 Å². The van der Waals surface area contributed by atoms with E-state index in [9.17, 15) is 4.79 Å². The van der Waals surface area contributed by atoms with Crippen LogP contribution in [-0.2, 0) is 17.8 Å². The molecule has 112 valence electrons. The lowest BCUT2D eigenvalue weighted by molar-refractivity contribution is -0.119. The van der Waals surface area contributed by atoms with Gasteiger partial charge in [-0.1, -0.05) is 31.5 Å². The Morgan fingerprint density at radius 2 is 2.25 bits per heavy atom. The molecule has 1 aromatic heterocycles. The predicted molar refractivity (Wildman–Crippen MR) is 80.8 cm³/mol. The van der Waals surface area contributed by atoms with Crippen molar-refractivity contribution in [3.63, 3.8) is 0 Å². The van der Waals surface area contributed by atoms with E-state index in [-0.39, 0.29) is 11.9 Å². The number of fused-ring (bicyclic) bond motifs is 1. The summed E-state index contributed by atoms with van der Waals surface area (Å²) in [6, 6.07) is 0.253. The molecule has 0 radical (unpaired) electrons. The minimum absolute atomic E-state index is 0.0851. The van der Waals surface area contributed by atoms with Crippen LogP contribution in [0.15, 0.2) is 5.16 Å². The first kappa shape index (κ1) is 15.4. The van der Waals surface area contributed by atoms with Gasteiger partial charge in [-0.05, 0) is 26.2 Å². The van der Waals surface area contributed by atoms with Crippen LogP contribution in [0.4, 0.5) is 0 Å². The lowest BCUT2D eigenvalue weighted by atomic mass is 10.2. The van der Waals surface area contributed by atoms with Crippen molar-refractivity contribution in [1.82, 2.24) is 20.1 Å². The SMILES string of the molecule is CCC[C@@H](C)NC(=O)CSc1nnc2n1CCCCC2. The summed E-state index contributed by atoms with van der Waals surface area (Å²) in [4.78, 5) is 11.9. The Balaban J connectivity index is 1.85. The van der Waals surface area contributed by atoms with E-state index in [2.05, 4.69) is 33.9 Å². The van der Waals surface area contributed by atoms with Gasteiger partial charge in [0, 0.05) is 19.0 Å². The Hall–Kier alpha value is -1.04. The molecule has 1 N–H and O–H groups in total. The molecular formula is C14H24N4OS. The molecule has 0 fully saturated rings. The molecule has 0 unspecified atom stereocenters. The maximum Gasteiger partial charge on any atom is 0.230 e. The second kappa shape index (κ2) is 7.67. The van der Waals surface area contributed by atoms with E-state index in [4.69, 9.17) is 0 Å². The zero-order valence-electron chi connectivity index (χ0n) is 12.4. The van der Waals surface area contributed by atoms with Gasteiger partial charge in [0.2, 0.25) is 5.91 Å². The molecule has 2 rings (SSSR count). The minimum Gasteiger partial charge on any atom is -0.353 e. The Kier molecular flexibility index (Phi) is 5.88. The summed E-state index contributed by atoms with van der Waals surface area (Å²) in [6.07, 6.45) is 6.74. The Bertz CT molecular complexity index is 446. The summed E-state index contributed by atoms with van der Waals surface area (Å²) < 4.78 is 2.18. The van der Waals surface area contributed by atoms with Crippen molar-refractivity contribution in [3.05, 3.63) is 5.82 Å². The number of hydrogen-bond acceptors (Lipinski definition) is 4. The van der Waals surface area contributed by atoms with Crippen molar-refractivity contribution in [2.75, 3.05) is 5.75 Å². The summed E-state index contributed by atoms with van der Waals surface area (Å²) in [5.41, 5.74) is 0. The fourth-order valence-corrected chi connectivity index (χ4v) is 3.31. The number of carbonyl (C=O) groups is 1. The van der Waals surface area contributed by atoms with E-state index in [1.54, 1.807) is 0 Å². The van der Waals surface area contributed by atoms with Gasteiger partial charge in [-0.3, -0.25) is 4.79 Å². The van der Waals surface area contributed by atoms with E-state index in [1.165, 1.54) is 31.0 Å². The smallest absolute Gasteiger partial charge is 0.230 e. The van der Waals surface area contributed by atoms with Crippen molar-refractivity contribution in [2.24, 2.45) is 0 Å². The fourth-order valence-electron chi connectivity index (χ4n) is 2.52. The van der Waals surface area contributed by atoms with Crippen LogP contribution in [0.5, 0.6) is 0 Å². The number of hydrogen-bond donors (Lipinski definition) is 1. The molecule has 1 aliphatic rings. The molecule has 0 saturated heterocycles. The lowest BCUT2D eigenvalue weighted by Crippen LogP contribution is -2.33. The third kappa shape index (κ3) is 4.23. The van der Waals surface area contributed by atoms with Crippen LogP contribution in [0.3, 0.4) is 0 Å². The maximum absolute atomic E-state index is 11.9. The third-order valence-corrected chi connectivity index (χ3v) is 4.50. The molecule has 5 nitrogen and oxygen atoms in total. The standard InChI is InChI=1S/C14H24N4OS/c1-3-7-11(2)15-13(19)10-20-14-17-16-12-8-5-4-6-9-18(12)14/h11H,3-10H2,1-2H3,(H,15,19)/t11-/m1/s1. The number of aromatic nitrogens is 3. The fraction of sp³-hybridized carbons (Fsp3) is 0.786. The molecule has 0 bridgehead atoms. The molecule has 6 heteroatoms. The topological polar surface area (TPSA) is 59.8 Å². The Morgan fingerprint density at radius 3 is 3.05 bits per heavy atom. The summed E-state index contributed by atoms with van der Waals surface area (Å²) >= 11 is 1.50. The zero-order chi connectivity index (χ0) is 14.4. The van der Waals surface area contributed by atoms with Crippen LogP contribution in [0.25, 0.3) is 0 Å². The molecular weight excluding hydrogens is 272 g/mol. The van der Waals surface area contributed by atoms with Crippen LogP contribution in [0, 0.1) is 0 Å². The van der Waals surface area contributed by atoms with Gasteiger partial charge in [0.25, 0.3) is 0 Å². The van der Waals surface area contributed by atoms with Crippen molar-refractivity contribution < 1.29 is 4.79 Å². The van der Waals surface area contributed by atoms with Gasteiger partial charge in [0.1, 0.15) is 5.82 Å². The van der Waals surface area contributed by atoms with Crippen LogP contribution >= 0.6 is 11.8 Å². The van der Waals surface area contributed by atoms with Crippen molar-refractivity contribution in [1.29, 1.82) is 0 Å². The maximum atomic E-state index is 11.9. The highest BCUT2D eigenvalue weighted by Crippen LogP contribution is 2.21. The number of amides is 1. The normalized spacial score (nSPS) is 16.3. The lowest BCUT2D eigenvalue weighted by Gasteiger charge is -2.12. The number of nitrogens with zero attached hydrogens (tertiary/aromatic N) is 3. The highest BCUT2D eigenvalue weighted by Gasteiger charge is 2.16. The average molecular weight is 296 g/mol. The van der Waals surface area contributed by atoms with Crippen molar-refractivity contribution >= 4 is 17.7 Å². The van der Waals surface area contributed by atoms with Gasteiger partial charge in [-0.2, -0.15) is 0 Å². The molecule has 0 aromatic carbocycles. The molecule has 1 atom stereocenters. The van der Waals surface area contributed by atoms with E-state index < -0.39 is 0 Å². The van der Waals surface area contributed by atoms with Crippen LogP contribution < -0.4 is 5.32 Å². The molecule has 1 amide bonds. The van der Waals surface area contributed by atoms with E-state index in [0.29, 0.717) is 5.75 Å². The molecule has 2 heterocycles. The van der Waals surface area contributed by atoms with Crippen LogP contribution in [0.2, 0.25) is 0 Å². The molecule has 20 heavy (non-hydrogen) atoms. The van der Waals surface area contributed by atoms with E-state index in [1.807, 2.05) is 0 Å². The highest BCUT2D eigenvalue weighted by molar-refractivity contribution is 7.99. The minimum atomic E-state index is 0.0851. The van der Waals surface area contributed by atoms with Gasteiger partial charge in [0.05, 0.1) is 5.75 Å². The summed E-state index contributed by atoms with van der Waals surface area (Å²) in [7, 11) is 0. The number of carbonyl (C=O) groups excluding carboxylic acids is 1. The molecule has 1 aromatic rings. The highest BCUT2D eigenvalue weighted by atomic mass is 32.2.